The van der Waals surface area contributed by atoms with E-state index in [0.717, 1.165) is 52.8 Å². The van der Waals surface area contributed by atoms with Gasteiger partial charge in [-0.3, -0.25) is 0 Å². The highest BCUT2D eigenvalue weighted by Crippen LogP contribution is 2.41. The lowest BCUT2D eigenvalue weighted by molar-refractivity contribution is 0.264. The van der Waals surface area contributed by atoms with Crippen LogP contribution in [0.3, 0.4) is 0 Å². The second kappa shape index (κ2) is 21.2. The number of halogens is 7. The fraction of sp³-hybridized carbons (Fsp3) is 0.208. The normalized spacial score (nSPS) is 14.7. The predicted molar refractivity (Wildman–Crippen MR) is 262 cm³/mol. The molecule has 2 aliphatic heterocycles. The van der Waals surface area contributed by atoms with Crippen molar-refractivity contribution in [1.29, 1.82) is 0 Å². The van der Waals surface area contributed by atoms with Gasteiger partial charge in [-0.25, -0.2) is 37.5 Å². The average Bonchev–Trinajstić information content (AvgIpc) is 4.00. The first-order chi connectivity index (χ1) is 34.0. The van der Waals surface area contributed by atoms with E-state index in [1.165, 1.54) is 6.20 Å². The minimum atomic E-state index is -1.00. The van der Waals surface area contributed by atoms with E-state index in [2.05, 4.69) is 35.2 Å². The molecule has 4 aromatic carbocycles. The predicted octanol–water partition coefficient (Wildman–Crippen LogP) is 10.6. The van der Waals surface area contributed by atoms with Crippen LogP contribution in [0, 0.1) is 37.1 Å². The Morgan fingerprint density at radius 3 is 1.62 bits per heavy atom. The Balaban J connectivity index is 0.000000159. The van der Waals surface area contributed by atoms with E-state index in [1.54, 1.807) is 63.0 Å². The molecular weight excluding hydrogens is 991 g/mol. The van der Waals surface area contributed by atoms with Crippen LogP contribution in [-0.4, -0.2) is 80.6 Å². The van der Waals surface area contributed by atoms with Crippen LogP contribution in [0.2, 0.25) is 15.3 Å². The van der Waals surface area contributed by atoms with Gasteiger partial charge in [0.1, 0.15) is 24.7 Å². The number of ether oxygens (including phenoxy) is 4. The number of fused-ring (bicyclic) bond motifs is 2. The first-order valence-electron chi connectivity index (χ1n) is 21.3. The van der Waals surface area contributed by atoms with Gasteiger partial charge in [0.2, 0.25) is 11.2 Å². The summed E-state index contributed by atoms with van der Waals surface area (Å²) in [6.45, 7) is 4.24. The van der Waals surface area contributed by atoms with Crippen LogP contribution in [0.25, 0.3) is 11.4 Å². The lowest BCUT2D eigenvalue weighted by atomic mass is 10.0. The third-order valence-electron chi connectivity index (χ3n) is 11.3. The van der Waals surface area contributed by atoms with Crippen LogP contribution in [0.1, 0.15) is 34.6 Å². The van der Waals surface area contributed by atoms with Gasteiger partial charge < -0.3 is 48.9 Å². The zero-order chi connectivity index (χ0) is 50.7. The number of methoxy groups -OCH3 is 2. The maximum atomic E-state index is 13.9. The molecule has 8 aromatic rings. The summed E-state index contributed by atoms with van der Waals surface area (Å²) >= 11 is 18.0. The summed E-state index contributed by atoms with van der Waals surface area (Å²) in [6.07, 6.45) is 10.3. The van der Waals surface area contributed by atoms with Crippen LogP contribution < -0.4 is 39.8 Å². The molecule has 0 saturated heterocycles. The maximum Gasteiger partial charge on any atom is 0.229 e. The number of rotatable bonds is 8. The van der Waals surface area contributed by atoms with Crippen molar-refractivity contribution in [2.24, 2.45) is 0 Å². The van der Waals surface area contributed by atoms with Crippen LogP contribution in [0.5, 0.6) is 23.0 Å². The summed E-state index contributed by atoms with van der Waals surface area (Å²) in [4.78, 5) is 28.8. The van der Waals surface area contributed by atoms with Gasteiger partial charge in [0, 0.05) is 60.0 Å². The van der Waals surface area contributed by atoms with Crippen LogP contribution in [0.4, 0.5) is 46.5 Å². The Morgan fingerprint density at radius 1 is 0.634 bits per heavy atom. The second-order valence-electron chi connectivity index (χ2n) is 15.9. The highest BCUT2D eigenvalue weighted by molar-refractivity contribution is 6.31. The molecule has 71 heavy (non-hydrogen) atoms. The minimum absolute atomic E-state index is 0.0706. The van der Waals surface area contributed by atoms with Crippen molar-refractivity contribution >= 4 is 63.8 Å². The van der Waals surface area contributed by atoms with Crippen molar-refractivity contribution in [2.75, 3.05) is 62.4 Å². The lowest BCUT2D eigenvalue weighted by Gasteiger charge is -2.35. The number of nitrogens with one attached hydrogen (secondary N) is 1. The number of nitrogen functional groups attached to an aromatic ring is 1. The van der Waals surface area contributed by atoms with E-state index in [1.807, 2.05) is 65.7 Å². The van der Waals surface area contributed by atoms with Crippen LogP contribution >= 0.6 is 34.8 Å². The number of nitrogens with two attached hydrogens (primary N) is 1. The lowest BCUT2D eigenvalue weighted by Crippen LogP contribution is -2.34. The highest BCUT2D eigenvalue weighted by Gasteiger charge is 2.32. The number of nitrogens with zero attached hydrogens (tertiary/aromatic N) is 10. The molecule has 3 N–H and O–H groups in total. The SMILES string of the molecule is CN1c2nc(Cl)ncc2OCC1c1cc(F)c(F)cc1Cl.COc1cc(N)ccc1-n1cnc(C)c1.COc1cc(Nc2ncc3c(n2)N(C)C(c2cc(F)c(F)cc2Cl)CO3)ccc1-n1cnc(C)c1. The number of hydrogen-bond donors (Lipinski definition) is 2. The third-order valence-corrected chi connectivity index (χ3v) is 12.1. The van der Waals surface area contributed by atoms with Crippen molar-refractivity contribution in [3.8, 4) is 34.4 Å². The first-order valence-corrected chi connectivity index (χ1v) is 22.4. The topological polar surface area (TPSA) is 169 Å². The largest absolute Gasteiger partial charge is 0.494 e. The van der Waals surface area contributed by atoms with Crippen LogP contribution in [-0.2, 0) is 0 Å². The molecule has 6 heterocycles. The van der Waals surface area contributed by atoms with E-state index in [4.69, 9.17) is 59.5 Å². The number of hydrogen-bond acceptors (Lipinski definition) is 14. The molecule has 0 saturated carbocycles. The summed E-state index contributed by atoms with van der Waals surface area (Å²) in [5, 5.41) is 3.48. The zero-order valence-corrected chi connectivity index (χ0v) is 40.9. The average molecular weight is 1030 g/mol. The van der Waals surface area contributed by atoms with Gasteiger partial charge in [0.05, 0.1) is 74.1 Å². The molecule has 368 valence electrons. The minimum Gasteiger partial charge on any atom is -0.494 e. The molecule has 4 aromatic heterocycles. The maximum absolute atomic E-state index is 13.9. The monoisotopic (exact) mass is 1030 g/mol. The summed E-state index contributed by atoms with van der Waals surface area (Å²) in [5.74, 6) is -0.342. The molecule has 0 aliphatic carbocycles. The van der Waals surface area contributed by atoms with Crippen molar-refractivity contribution in [2.45, 2.75) is 25.9 Å². The Kier molecular flexibility index (Phi) is 14.9. The van der Waals surface area contributed by atoms with Gasteiger partial charge in [-0.05, 0) is 85.1 Å². The standard InChI is InChI=1S/C24H21ClF2N6O2.C13H9Cl2F2N3O.C11H13N3O/c1-13-10-33(12-29-13)19-5-4-14(6-21(19)34-3)30-24-28-9-22-23(31-24)32(2)20(11-35-22)15-7-17(26)18(27)8-16(15)25;1-20-10(6-2-8(16)9(17)3-7(6)14)5-21-11-4-18-13(15)19-12(11)20;1-8-6-14(7-13-8)10-4-3-9(12)5-11(10)15-2/h4-10,12,20H,11H2,1-3H3,(H,28,30,31);2-4,10H,5H2,1H3;3-7H,12H2,1-2H3. The number of imidazole rings is 2. The zero-order valence-electron chi connectivity index (χ0n) is 38.6. The van der Waals surface area contributed by atoms with Gasteiger partial charge in [-0.2, -0.15) is 9.97 Å². The van der Waals surface area contributed by atoms with Crippen molar-refractivity contribution in [1.82, 2.24) is 39.0 Å². The number of aryl methyl sites for hydroxylation is 2. The third kappa shape index (κ3) is 10.9. The van der Waals surface area contributed by atoms with E-state index >= 15 is 0 Å². The number of benzene rings is 4. The summed E-state index contributed by atoms with van der Waals surface area (Å²) in [5.41, 5.74) is 11.5. The highest BCUT2D eigenvalue weighted by atomic mass is 35.5. The fourth-order valence-corrected chi connectivity index (χ4v) is 8.30. The molecular formula is C48H43Cl3F4N12O4. The molecule has 0 amide bonds. The van der Waals surface area contributed by atoms with Crippen molar-refractivity contribution in [3.63, 3.8) is 0 Å². The molecule has 16 nitrogen and oxygen atoms in total. The van der Waals surface area contributed by atoms with Crippen molar-refractivity contribution in [3.05, 3.63) is 159 Å². The second-order valence-corrected chi connectivity index (χ2v) is 17.1. The Labute approximate surface area is 419 Å². The number of anilines is 5. The summed E-state index contributed by atoms with van der Waals surface area (Å²) in [6, 6.07) is 14.3. The van der Waals surface area contributed by atoms with Gasteiger partial charge in [-0.1, -0.05) is 23.2 Å². The molecule has 0 radical (unpaired) electrons. The molecule has 23 heteroatoms. The fourth-order valence-electron chi connectivity index (χ4n) is 7.62. The Morgan fingerprint density at radius 2 is 1.11 bits per heavy atom. The van der Waals surface area contributed by atoms with Gasteiger partial charge in [-0.15, -0.1) is 0 Å². The van der Waals surface area contributed by atoms with E-state index in [-0.39, 0.29) is 28.5 Å². The van der Waals surface area contributed by atoms with Gasteiger partial charge in [0.15, 0.2) is 46.4 Å². The Bertz CT molecular complexity index is 3240. The Hall–Kier alpha value is -7.55. The van der Waals surface area contributed by atoms with Crippen LogP contribution in [0.15, 0.2) is 98.1 Å². The molecule has 0 fully saturated rings. The number of likely N-dealkylation sites (N-methyl/N-ethyl adjacent to an activating group) is 2. The molecule has 2 aliphatic rings. The van der Waals surface area contributed by atoms with E-state index < -0.39 is 35.4 Å². The quantitative estimate of drug-likeness (QED) is 0.0638. The van der Waals surface area contributed by atoms with Crippen molar-refractivity contribution < 1.29 is 36.5 Å². The summed E-state index contributed by atoms with van der Waals surface area (Å²) < 4.78 is 80.0. The smallest absolute Gasteiger partial charge is 0.229 e. The molecule has 2 unspecified atom stereocenters. The van der Waals surface area contributed by atoms with E-state index in [9.17, 15) is 17.6 Å². The molecule has 10 rings (SSSR count). The number of aromatic nitrogens is 8. The van der Waals surface area contributed by atoms with Gasteiger partial charge in [0.25, 0.3) is 0 Å². The molecule has 0 spiro atoms. The summed E-state index contributed by atoms with van der Waals surface area (Å²) in [7, 11) is 6.75. The first kappa shape index (κ1) is 49.9. The molecule has 0 bridgehead atoms. The molecule has 2 atom stereocenters. The van der Waals surface area contributed by atoms with E-state index in [0.29, 0.717) is 57.3 Å². The van der Waals surface area contributed by atoms with Gasteiger partial charge >= 0.3 is 0 Å².